The molecule has 1 N–H and O–H groups in total. The normalized spacial score (nSPS) is 28.1. The van der Waals surface area contributed by atoms with Gasteiger partial charge in [-0.2, -0.15) is 0 Å². The first-order valence-electron chi connectivity index (χ1n) is 6.53. The second kappa shape index (κ2) is 5.43. The zero-order chi connectivity index (χ0) is 12.4. The fraction of sp³-hybridized carbons (Fsp3) is 0.615. The molecule has 2 aliphatic rings. The fourth-order valence-electron chi connectivity index (χ4n) is 2.73. The number of halogens is 1. The van der Waals surface area contributed by atoms with Crippen LogP contribution in [0, 0.1) is 0 Å². The molecular formula is C13H18ClN3O. The number of hydrogen-bond donors (Lipinski definition) is 1. The van der Waals surface area contributed by atoms with E-state index in [1.54, 1.807) is 6.07 Å². The molecule has 18 heavy (non-hydrogen) atoms. The molecule has 2 atom stereocenters. The van der Waals surface area contributed by atoms with Crippen molar-refractivity contribution in [2.75, 3.05) is 31.6 Å². The lowest BCUT2D eigenvalue weighted by Gasteiger charge is -2.35. The summed E-state index contributed by atoms with van der Waals surface area (Å²) in [7, 11) is 0. The molecule has 1 aromatic heterocycles. The van der Waals surface area contributed by atoms with Crippen LogP contribution in [0.1, 0.15) is 12.8 Å². The van der Waals surface area contributed by atoms with Crippen molar-refractivity contribution in [3.05, 3.63) is 23.4 Å². The number of morpholine rings is 1. The van der Waals surface area contributed by atoms with E-state index in [2.05, 4.69) is 15.2 Å². The first-order chi connectivity index (χ1) is 8.81. The van der Waals surface area contributed by atoms with E-state index in [9.17, 15) is 0 Å². The summed E-state index contributed by atoms with van der Waals surface area (Å²) in [5.74, 6) is 0.814. The molecule has 0 amide bonds. The minimum absolute atomic E-state index is 0.250. The van der Waals surface area contributed by atoms with Crippen LogP contribution in [0.2, 0.25) is 5.15 Å². The van der Waals surface area contributed by atoms with Crippen LogP contribution >= 0.6 is 11.6 Å². The lowest BCUT2D eigenvalue weighted by atomic mass is 10.2. The lowest BCUT2D eigenvalue weighted by molar-refractivity contribution is -0.0416. The van der Waals surface area contributed by atoms with Gasteiger partial charge < -0.3 is 10.1 Å². The van der Waals surface area contributed by atoms with Gasteiger partial charge in [0, 0.05) is 19.1 Å². The maximum Gasteiger partial charge on any atom is 0.131 e. The Morgan fingerprint density at radius 1 is 1.50 bits per heavy atom. The third-order valence-corrected chi connectivity index (χ3v) is 3.90. The number of hydrogen-bond acceptors (Lipinski definition) is 4. The smallest absolute Gasteiger partial charge is 0.131 e. The molecule has 0 saturated carbocycles. The average Bonchev–Trinajstić information content (AvgIpc) is 2.84. The first-order valence-corrected chi connectivity index (χ1v) is 6.91. The standard InChI is InChI=1S/C13H18ClN3O/c14-12-4-1-5-13(16-12)15-7-11-8-17-6-2-3-10(17)9-18-11/h1,4-5,10-11H,2-3,6-9H2,(H,15,16). The second-order valence-electron chi connectivity index (χ2n) is 4.97. The number of anilines is 1. The van der Waals surface area contributed by atoms with Crippen molar-refractivity contribution in [2.24, 2.45) is 0 Å². The summed E-state index contributed by atoms with van der Waals surface area (Å²) in [6.45, 7) is 3.91. The third-order valence-electron chi connectivity index (χ3n) is 3.69. The SMILES string of the molecule is Clc1cccc(NCC2CN3CCCC3CO2)n1. The Kier molecular flexibility index (Phi) is 3.68. The van der Waals surface area contributed by atoms with Gasteiger partial charge in [-0.3, -0.25) is 4.90 Å². The summed E-state index contributed by atoms with van der Waals surface area (Å²) in [6, 6.07) is 6.26. The van der Waals surface area contributed by atoms with E-state index in [0.717, 1.165) is 25.5 Å². The number of aromatic nitrogens is 1. The number of nitrogens with zero attached hydrogens (tertiary/aromatic N) is 2. The van der Waals surface area contributed by atoms with E-state index in [0.29, 0.717) is 11.2 Å². The average molecular weight is 268 g/mol. The quantitative estimate of drug-likeness (QED) is 0.851. The zero-order valence-corrected chi connectivity index (χ0v) is 11.1. The number of nitrogens with one attached hydrogen (secondary N) is 1. The maximum absolute atomic E-state index is 5.88. The van der Waals surface area contributed by atoms with Gasteiger partial charge in [-0.1, -0.05) is 17.7 Å². The van der Waals surface area contributed by atoms with Gasteiger partial charge in [0.25, 0.3) is 0 Å². The Labute approximate surface area is 112 Å². The Bertz CT molecular complexity index is 415. The van der Waals surface area contributed by atoms with Gasteiger partial charge in [-0.25, -0.2) is 4.98 Å². The van der Waals surface area contributed by atoms with Crippen molar-refractivity contribution < 1.29 is 4.74 Å². The largest absolute Gasteiger partial charge is 0.373 e. The van der Waals surface area contributed by atoms with Crippen LogP contribution in [0.5, 0.6) is 0 Å². The van der Waals surface area contributed by atoms with Crippen LogP contribution in [-0.4, -0.2) is 48.3 Å². The van der Waals surface area contributed by atoms with Gasteiger partial charge in [0.2, 0.25) is 0 Å². The highest BCUT2D eigenvalue weighted by Gasteiger charge is 2.31. The summed E-state index contributed by atoms with van der Waals surface area (Å²) in [4.78, 5) is 6.75. The van der Waals surface area contributed by atoms with E-state index in [1.165, 1.54) is 19.4 Å². The molecule has 0 radical (unpaired) electrons. The summed E-state index contributed by atoms with van der Waals surface area (Å²) < 4.78 is 5.88. The highest BCUT2D eigenvalue weighted by atomic mass is 35.5. The molecule has 98 valence electrons. The van der Waals surface area contributed by atoms with Crippen LogP contribution < -0.4 is 5.32 Å². The zero-order valence-electron chi connectivity index (χ0n) is 10.3. The molecule has 2 aliphatic heterocycles. The maximum atomic E-state index is 5.88. The minimum atomic E-state index is 0.250. The van der Waals surface area contributed by atoms with Gasteiger partial charge in [0.05, 0.1) is 12.7 Å². The number of ether oxygens (including phenoxy) is 1. The molecule has 3 heterocycles. The molecular weight excluding hydrogens is 250 g/mol. The molecule has 2 saturated heterocycles. The number of fused-ring (bicyclic) bond motifs is 1. The van der Waals surface area contributed by atoms with Crippen molar-refractivity contribution in [3.63, 3.8) is 0 Å². The van der Waals surface area contributed by atoms with Crippen LogP contribution in [0.15, 0.2) is 18.2 Å². The number of rotatable bonds is 3. The second-order valence-corrected chi connectivity index (χ2v) is 5.36. The van der Waals surface area contributed by atoms with Crippen LogP contribution in [0.25, 0.3) is 0 Å². The summed E-state index contributed by atoms with van der Waals surface area (Å²) in [5.41, 5.74) is 0. The van der Waals surface area contributed by atoms with Gasteiger partial charge in [0.1, 0.15) is 11.0 Å². The van der Waals surface area contributed by atoms with Crippen LogP contribution in [0.3, 0.4) is 0 Å². The minimum Gasteiger partial charge on any atom is -0.373 e. The molecule has 0 bridgehead atoms. The Balaban J connectivity index is 1.51. The van der Waals surface area contributed by atoms with E-state index in [-0.39, 0.29) is 6.10 Å². The summed E-state index contributed by atoms with van der Waals surface area (Å²) >= 11 is 5.85. The predicted octanol–water partition coefficient (Wildman–Crippen LogP) is 2.01. The molecule has 2 unspecified atom stereocenters. The van der Waals surface area contributed by atoms with E-state index >= 15 is 0 Å². The molecule has 1 aromatic rings. The highest BCUT2D eigenvalue weighted by molar-refractivity contribution is 6.29. The molecule has 5 heteroatoms. The van der Waals surface area contributed by atoms with Gasteiger partial charge >= 0.3 is 0 Å². The summed E-state index contributed by atoms with van der Waals surface area (Å²) in [5, 5.41) is 3.81. The molecule has 0 spiro atoms. The number of pyridine rings is 1. The molecule has 0 aromatic carbocycles. The monoisotopic (exact) mass is 267 g/mol. The van der Waals surface area contributed by atoms with Crippen molar-refractivity contribution >= 4 is 17.4 Å². The lowest BCUT2D eigenvalue weighted by Crippen LogP contribution is -2.48. The van der Waals surface area contributed by atoms with E-state index < -0.39 is 0 Å². The van der Waals surface area contributed by atoms with E-state index in [4.69, 9.17) is 16.3 Å². The van der Waals surface area contributed by atoms with Crippen molar-refractivity contribution in [2.45, 2.75) is 25.0 Å². The van der Waals surface area contributed by atoms with Crippen molar-refractivity contribution in [1.29, 1.82) is 0 Å². The molecule has 2 fully saturated rings. The molecule has 0 aliphatic carbocycles. The van der Waals surface area contributed by atoms with Gasteiger partial charge in [0.15, 0.2) is 0 Å². The van der Waals surface area contributed by atoms with Gasteiger partial charge in [-0.05, 0) is 31.5 Å². The van der Waals surface area contributed by atoms with Crippen LogP contribution in [-0.2, 0) is 4.74 Å². The topological polar surface area (TPSA) is 37.4 Å². The Hall–Kier alpha value is -0.840. The van der Waals surface area contributed by atoms with Crippen molar-refractivity contribution in [1.82, 2.24) is 9.88 Å². The molecule has 4 nitrogen and oxygen atoms in total. The molecule has 3 rings (SSSR count). The van der Waals surface area contributed by atoms with Gasteiger partial charge in [-0.15, -0.1) is 0 Å². The highest BCUT2D eigenvalue weighted by Crippen LogP contribution is 2.22. The predicted molar refractivity (Wildman–Crippen MR) is 72.1 cm³/mol. The fourth-order valence-corrected chi connectivity index (χ4v) is 2.90. The van der Waals surface area contributed by atoms with Crippen molar-refractivity contribution in [3.8, 4) is 0 Å². The third kappa shape index (κ3) is 2.76. The first kappa shape index (κ1) is 12.2. The summed E-state index contributed by atoms with van der Waals surface area (Å²) in [6.07, 6.45) is 2.85. The Morgan fingerprint density at radius 3 is 3.33 bits per heavy atom. The van der Waals surface area contributed by atoms with E-state index in [1.807, 2.05) is 12.1 Å². The van der Waals surface area contributed by atoms with Crippen LogP contribution in [0.4, 0.5) is 5.82 Å². The Morgan fingerprint density at radius 2 is 2.44 bits per heavy atom.